The summed E-state index contributed by atoms with van der Waals surface area (Å²) in [4.78, 5) is 28.0. The lowest BCUT2D eigenvalue weighted by Crippen LogP contribution is -2.52. The van der Waals surface area contributed by atoms with Gasteiger partial charge < -0.3 is 14.5 Å². The third-order valence-corrected chi connectivity index (χ3v) is 3.99. The van der Waals surface area contributed by atoms with E-state index in [1.807, 2.05) is 40.7 Å². The van der Waals surface area contributed by atoms with Crippen molar-refractivity contribution in [2.75, 3.05) is 33.4 Å². The Bertz CT molecular complexity index is 671. The number of aromatic nitrogens is 2. The summed E-state index contributed by atoms with van der Waals surface area (Å²) in [5.74, 6) is 0.00306. The Morgan fingerprint density at radius 1 is 1.19 bits per heavy atom. The number of aryl methyl sites for hydroxylation is 1. The van der Waals surface area contributed by atoms with Gasteiger partial charge in [-0.1, -0.05) is 6.58 Å². The molecule has 0 unspecified atom stereocenters. The van der Waals surface area contributed by atoms with Crippen molar-refractivity contribution in [3.63, 3.8) is 0 Å². The van der Waals surface area contributed by atoms with Gasteiger partial charge in [-0.3, -0.25) is 13.9 Å². The van der Waals surface area contributed by atoms with Crippen LogP contribution in [-0.2, 0) is 16.1 Å². The molecule has 1 aliphatic rings. The molecule has 0 radical (unpaired) electrons. The molecule has 27 heavy (non-hydrogen) atoms. The second-order valence-electron chi connectivity index (χ2n) is 7.46. The van der Waals surface area contributed by atoms with Crippen LogP contribution in [0.15, 0.2) is 12.6 Å². The first-order valence-corrected chi connectivity index (χ1v) is 8.90. The van der Waals surface area contributed by atoms with Crippen molar-refractivity contribution in [2.45, 2.75) is 46.8 Å². The van der Waals surface area contributed by atoms with Crippen LogP contribution in [0.4, 0.5) is 9.18 Å². The minimum absolute atomic E-state index is 0.00306. The van der Waals surface area contributed by atoms with Crippen LogP contribution in [0, 0.1) is 6.92 Å². The molecule has 1 aromatic rings. The van der Waals surface area contributed by atoms with E-state index in [0.29, 0.717) is 33.4 Å². The molecule has 2 amide bonds. The third-order valence-electron chi connectivity index (χ3n) is 3.99. The van der Waals surface area contributed by atoms with Crippen molar-refractivity contribution in [2.24, 2.45) is 0 Å². The molecule has 0 atom stereocenters. The number of rotatable bonds is 3. The molecular formula is C19H31FN4O3. The van der Waals surface area contributed by atoms with Gasteiger partial charge in [0.2, 0.25) is 5.91 Å². The van der Waals surface area contributed by atoms with Gasteiger partial charge in [-0.2, -0.15) is 5.10 Å². The Labute approximate surface area is 160 Å². The minimum Gasteiger partial charge on any atom is -0.444 e. The molecule has 0 bridgehead atoms. The zero-order valence-electron chi connectivity index (χ0n) is 17.2. The van der Waals surface area contributed by atoms with E-state index in [4.69, 9.17) is 4.74 Å². The number of nitrogens with zero attached hydrogens (tertiary/aromatic N) is 4. The molecule has 1 aromatic heterocycles. The maximum absolute atomic E-state index is 12.5. The van der Waals surface area contributed by atoms with Crippen molar-refractivity contribution in [3.05, 3.63) is 24.0 Å². The molecule has 1 fully saturated rings. The Kier molecular flexibility index (Phi) is 7.99. The van der Waals surface area contributed by atoms with E-state index in [1.54, 1.807) is 14.5 Å². The number of alkyl halides is 1. The highest BCUT2D eigenvalue weighted by Crippen LogP contribution is 2.14. The number of carbonyl (C=O) groups is 2. The highest BCUT2D eigenvalue weighted by molar-refractivity contribution is 5.76. The number of amides is 2. The van der Waals surface area contributed by atoms with E-state index >= 15 is 0 Å². The van der Waals surface area contributed by atoms with Crippen LogP contribution < -0.4 is 0 Å². The zero-order valence-corrected chi connectivity index (χ0v) is 17.2. The standard InChI is InChI=1S/C18H28N4O3.CH3F/c1-13(2)15-11-14(3)22(19-15)12-16(23)20-7-9-21(10-8-20)17(24)25-18(4,5)6;1-2/h11H,1,7-10,12H2,2-6H3;1H3. The first kappa shape index (κ1) is 22.7. The molecular weight excluding hydrogens is 351 g/mol. The predicted octanol–water partition coefficient (Wildman–Crippen LogP) is 2.89. The van der Waals surface area contributed by atoms with Gasteiger partial charge >= 0.3 is 6.09 Å². The Balaban J connectivity index is 0.00000176. The molecule has 0 N–H and O–H groups in total. The second-order valence-corrected chi connectivity index (χ2v) is 7.46. The summed E-state index contributed by atoms with van der Waals surface area (Å²) in [5.41, 5.74) is 2.10. The van der Waals surface area contributed by atoms with Crippen molar-refractivity contribution in [1.29, 1.82) is 0 Å². The average molecular weight is 382 g/mol. The molecule has 8 heteroatoms. The summed E-state index contributed by atoms with van der Waals surface area (Å²) in [6.07, 6.45) is -0.325. The first-order chi connectivity index (χ1) is 12.6. The molecule has 2 heterocycles. The highest BCUT2D eigenvalue weighted by atomic mass is 19.1. The monoisotopic (exact) mass is 382 g/mol. The van der Waals surface area contributed by atoms with E-state index < -0.39 is 5.60 Å². The van der Waals surface area contributed by atoms with Gasteiger partial charge in [0.25, 0.3) is 0 Å². The lowest BCUT2D eigenvalue weighted by atomic mass is 10.2. The fourth-order valence-corrected chi connectivity index (χ4v) is 2.57. The van der Waals surface area contributed by atoms with Crippen molar-refractivity contribution in [3.8, 4) is 0 Å². The summed E-state index contributed by atoms with van der Waals surface area (Å²) >= 11 is 0. The van der Waals surface area contributed by atoms with E-state index in [2.05, 4.69) is 11.7 Å². The van der Waals surface area contributed by atoms with Gasteiger partial charge in [-0.05, 0) is 46.3 Å². The molecule has 1 saturated heterocycles. The smallest absolute Gasteiger partial charge is 0.410 e. The van der Waals surface area contributed by atoms with Gasteiger partial charge in [-0.15, -0.1) is 0 Å². The summed E-state index contributed by atoms with van der Waals surface area (Å²) in [5, 5.41) is 4.41. The molecule has 152 valence electrons. The van der Waals surface area contributed by atoms with Crippen LogP contribution in [0.3, 0.4) is 0 Å². The van der Waals surface area contributed by atoms with E-state index in [0.717, 1.165) is 17.0 Å². The molecule has 0 saturated carbocycles. The van der Waals surface area contributed by atoms with Crippen LogP contribution in [0.5, 0.6) is 0 Å². The number of halogens is 1. The Morgan fingerprint density at radius 2 is 1.70 bits per heavy atom. The SMILES string of the molecule is C=C(C)c1cc(C)n(CC(=O)N2CCN(C(=O)OC(C)(C)C)CC2)n1.CF. The minimum atomic E-state index is -0.511. The number of piperazine rings is 1. The molecule has 7 nitrogen and oxygen atoms in total. The topological polar surface area (TPSA) is 67.7 Å². The lowest BCUT2D eigenvalue weighted by Gasteiger charge is -2.35. The third kappa shape index (κ3) is 6.69. The lowest BCUT2D eigenvalue weighted by molar-refractivity contribution is -0.133. The number of hydrogen-bond donors (Lipinski definition) is 0. The van der Waals surface area contributed by atoms with Crippen LogP contribution >= 0.6 is 0 Å². The predicted molar refractivity (Wildman–Crippen MR) is 103 cm³/mol. The highest BCUT2D eigenvalue weighted by Gasteiger charge is 2.27. The number of allylic oxidation sites excluding steroid dienone is 1. The van der Waals surface area contributed by atoms with Crippen molar-refractivity contribution >= 4 is 17.6 Å². The molecule has 2 rings (SSSR count). The van der Waals surface area contributed by atoms with Crippen LogP contribution in [0.2, 0.25) is 0 Å². The Morgan fingerprint density at radius 3 is 2.15 bits per heavy atom. The van der Waals surface area contributed by atoms with Gasteiger partial charge in [0.15, 0.2) is 0 Å². The van der Waals surface area contributed by atoms with E-state index in [9.17, 15) is 14.0 Å². The van der Waals surface area contributed by atoms with Crippen molar-refractivity contribution in [1.82, 2.24) is 19.6 Å². The average Bonchev–Trinajstić information content (AvgIpc) is 2.96. The fraction of sp³-hybridized carbons (Fsp3) is 0.632. The second kappa shape index (κ2) is 9.53. The van der Waals surface area contributed by atoms with Gasteiger partial charge in [-0.25, -0.2) is 4.79 Å². The van der Waals surface area contributed by atoms with Crippen LogP contribution in [0.25, 0.3) is 5.57 Å². The number of ether oxygens (including phenoxy) is 1. The molecule has 0 aliphatic carbocycles. The molecule has 1 aliphatic heterocycles. The molecule has 0 aromatic carbocycles. The summed E-state index contributed by atoms with van der Waals surface area (Å²) in [7, 11) is 0.500. The summed E-state index contributed by atoms with van der Waals surface area (Å²) in [6, 6.07) is 1.93. The largest absolute Gasteiger partial charge is 0.444 e. The van der Waals surface area contributed by atoms with Crippen LogP contribution in [0.1, 0.15) is 39.1 Å². The summed E-state index contributed by atoms with van der Waals surface area (Å²) < 4.78 is 16.6. The maximum atomic E-state index is 12.5. The molecule has 0 spiro atoms. The van der Waals surface area contributed by atoms with E-state index in [1.165, 1.54) is 0 Å². The Hall–Kier alpha value is -2.38. The fourth-order valence-electron chi connectivity index (χ4n) is 2.57. The van der Waals surface area contributed by atoms with Crippen molar-refractivity contribution < 1.29 is 18.7 Å². The summed E-state index contributed by atoms with van der Waals surface area (Å²) in [6.45, 7) is 15.4. The van der Waals surface area contributed by atoms with E-state index in [-0.39, 0.29) is 18.5 Å². The van der Waals surface area contributed by atoms with Gasteiger partial charge in [0, 0.05) is 31.9 Å². The first-order valence-electron chi connectivity index (χ1n) is 8.90. The normalized spacial score (nSPS) is 14.3. The zero-order chi connectivity index (χ0) is 20.8. The van der Waals surface area contributed by atoms with Gasteiger partial charge in [0.1, 0.15) is 12.1 Å². The van der Waals surface area contributed by atoms with Gasteiger partial charge in [0.05, 0.1) is 12.9 Å². The maximum Gasteiger partial charge on any atom is 0.410 e. The van der Waals surface area contributed by atoms with Crippen LogP contribution in [-0.4, -0.2) is 70.5 Å². The quantitative estimate of drug-likeness (QED) is 0.806. The number of carbonyl (C=O) groups excluding carboxylic acids is 2. The number of hydrogen-bond acceptors (Lipinski definition) is 4.